The minimum Gasteiger partial charge on any atom is -0.303 e. The number of hydrogen-bond donors (Lipinski definition) is 1. The fraction of sp³-hybridized carbons (Fsp3) is 0.333. The Kier molecular flexibility index (Phi) is 4.60. The second kappa shape index (κ2) is 6.00. The summed E-state index contributed by atoms with van der Waals surface area (Å²) in [4.78, 5) is 1.42. The zero-order valence-electron chi connectivity index (χ0n) is 10.9. The molecule has 0 amide bonds. The number of benzene rings is 1. The van der Waals surface area contributed by atoms with Gasteiger partial charge in [-0.1, -0.05) is 34.1 Å². The number of halogens is 1. The van der Waals surface area contributed by atoms with Crippen LogP contribution in [0.3, 0.4) is 0 Å². The zero-order chi connectivity index (χ0) is 13.1. The lowest BCUT2D eigenvalue weighted by molar-refractivity contribution is 0.497. The lowest BCUT2D eigenvalue weighted by atomic mass is 10.1. The molecule has 96 valence electrons. The first-order valence-corrected chi connectivity index (χ1v) is 7.81. The lowest BCUT2D eigenvalue weighted by Crippen LogP contribution is -2.22. The third-order valence-electron chi connectivity index (χ3n) is 3.17. The summed E-state index contributed by atoms with van der Waals surface area (Å²) in [6.07, 6.45) is 0. The summed E-state index contributed by atoms with van der Waals surface area (Å²) in [5.41, 5.74) is 2.68. The van der Waals surface area contributed by atoms with Crippen molar-refractivity contribution in [1.29, 1.82) is 0 Å². The van der Waals surface area contributed by atoms with Gasteiger partial charge in [-0.25, -0.2) is 0 Å². The maximum Gasteiger partial charge on any atom is 0.0393 e. The van der Waals surface area contributed by atoms with Crippen LogP contribution in [0.1, 0.15) is 41.9 Å². The van der Waals surface area contributed by atoms with Crippen molar-refractivity contribution in [3.05, 3.63) is 56.2 Å². The number of nitrogens with one attached hydrogen (secondary N) is 1. The van der Waals surface area contributed by atoms with E-state index in [4.69, 9.17) is 0 Å². The average molecular weight is 324 g/mol. The Balaban J connectivity index is 2.11. The molecule has 2 atom stereocenters. The minimum absolute atomic E-state index is 0.331. The molecule has 3 heteroatoms. The summed E-state index contributed by atoms with van der Waals surface area (Å²) < 4.78 is 1.17. The maximum absolute atomic E-state index is 3.66. The van der Waals surface area contributed by atoms with Gasteiger partial charge < -0.3 is 5.32 Å². The van der Waals surface area contributed by atoms with E-state index in [9.17, 15) is 0 Å². The average Bonchev–Trinajstić information content (AvgIpc) is 2.76. The molecule has 1 aromatic heterocycles. The highest BCUT2D eigenvalue weighted by Crippen LogP contribution is 2.28. The van der Waals surface area contributed by atoms with Crippen LogP contribution in [0.5, 0.6) is 0 Å². The van der Waals surface area contributed by atoms with Gasteiger partial charge in [-0.3, -0.25) is 0 Å². The number of rotatable bonds is 4. The Hall–Kier alpha value is -0.640. The van der Waals surface area contributed by atoms with Crippen LogP contribution in [0.15, 0.2) is 40.2 Å². The van der Waals surface area contributed by atoms with Crippen LogP contribution in [0, 0.1) is 6.92 Å². The third-order valence-corrected chi connectivity index (χ3v) is 5.09. The van der Waals surface area contributed by atoms with Gasteiger partial charge in [0.25, 0.3) is 0 Å². The van der Waals surface area contributed by atoms with Crippen molar-refractivity contribution in [2.24, 2.45) is 0 Å². The standard InChI is InChI=1S/C15H18BrNS/c1-10-8-9-18-15(10)12(3)17-11(2)13-6-4-5-7-14(13)16/h4-9,11-12,17H,1-3H3/t11-,12?/m1/s1. The number of thiophene rings is 1. The van der Waals surface area contributed by atoms with E-state index >= 15 is 0 Å². The summed E-state index contributed by atoms with van der Waals surface area (Å²) in [5.74, 6) is 0. The summed E-state index contributed by atoms with van der Waals surface area (Å²) >= 11 is 5.44. The van der Waals surface area contributed by atoms with Crippen LogP contribution in [-0.2, 0) is 0 Å². The van der Waals surface area contributed by atoms with Gasteiger partial charge in [-0.2, -0.15) is 0 Å². The molecule has 1 unspecified atom stereocenters. The molecule has 0 aliphatic heterocycles. The topological polar surface area (TPSA) is 12.0 Å². The fourth-order valence-corrected chi connectivity index (χ4v) is 3.77. The summed E-state index contributed by atoms with van der Waals surface area (Å²) in [7, 11) is 0. The van der Waals surface area contributed by atoms with Gasteiger partial charge in [0.1, 0.15) is 0 Å². The van der Waals surface area contributed by atoms with Crippen LogP contribution in [0.4, 0.5) is 0 Å². The van der Waals surface area contributed by atoms with Gasteiger partial charge in [-0.15, -0.1) is 11.3 Å². The van der Waals surface area contributed by atoms with E-state index < -0.39 is 0 Å². The van der Waals surface area contributed by atoms with Crippen LogP contribution in [0.2, 0.25) is 0 Å². The van der Waals surface area contributed by atoms with E-state index in [1.165, 1.54) is 20.5 Å². The molecule has 18 heavy (non-hydrogen) atoms. The molecular formula is C15H18BrNS. The lowest BCUT2D eigenvalue weighted by Gasteiger charge is -2.21. The first-order chi connectivity index (χ1) is 8.59. The van der Waals surface area contributed by atoms with Crippen molar-refractivity contribution >= 4 is 27.3 Å². The van der Waals surface area contributed by atoms with E-state index in [-0.39, 0.29) is 0 Å². The van der Waals surface area contributed by atoms with Crippen molar-refractivity contribution in [1.82, 2.24) is 5.32 Å². The predicted octanol–water partition coefficient (Wildman–Crippen LogP) is 5.23. The second-order valence-electron chi connectivity index (χ2n) is 4.60. The Morgan fingerprint density at radius 1 is 1.11 bits per heavy atom. The molecule has 0 saturated heterocycles. The van der Waals surface area contributed by atoms with Crippen molar-refractivity contribution in [3.8, 4) is 0 Å². The molecule has 0 aliphatic rings. The highest BCUT2D eigenvalue weighted by Gasteiger charge is 2.15. The highest BCUT2D eigenvalue weighted by molar-refractivity contribution is 9.10. The summed E-state index contributed by atoms with van der Waals surface area (Å²) in [6, 6.07) is 11.3. The van der Waals surface area contributed by atoms with Gasteiger partial charge >= 0.3 is 0 Å². The first kappa shape index (κ1) is 13.8. The van der Waals surface area contributed by atoms with E-state index in [1.807, 2.05) is 17.4 Å². The van der Waals surface area contributed by atoms with Gasteiger partial charge in [0.2, 0.25) is 0 Å². The van der Waals surface area contributed by atoms with Crippen molar-refractivity contribution in [2.75, 3.05) is 0 Å². The van der Waals surface area contributed by atoms with Gasteiger partial charge in [0.05, 0.1) is 0 Å². The molecule has 0 aliphatic carbocycles. The van der Waals surface area contributed by atoms with Gasteiger partial charge in [0.15, 0.2) is 0 Å². The van der Waals surface area contributed by atoms with E-state index in [1.54, 1.807) is 0 Å². The van der Waals surface area contributed by atoms with Crippen LogP contribution >= 0.6 is 27.3 Å². The molecule has 1 aromatic carbocycles. The zero-order valence-corrected chi connectivity index (χ0v) is 13.3. The summed E-state index contributed by atoms with van der Waals surface area (Å²) in [6.45, 7) is 6.61. The Morgan fingerprint density at radius 2 is 1.83 bits per heavy atom. The predicted molar refractivity (Wildman–Crippen MR) is 83.2 cm³/mol. The smallest absolute Gasteiger partial charge is 0.0393 e. The SMILES string of the molecule is Cc1ccsc1C(C)N[C@H](C)c1ccccc1Br. The first-order valence-electron chi connectivity index (χ1n) is 6.14. The molecule has 0 fully saturated rings. The fourth-order valence-electron chi connectivity index (χ4n) is 2.19. The Morgan fingerprint density at radius 3 is 2.44 bits per heavy atom. The largest absolute Gasteiger partial charge is 0.303 e. The molecule has 1 N–H and O–H groups in total. The molecule has 0 saturated carbocycles. The monoisotopic (exact) mass is 323 g/mol. The van der Waals surface area contributed by atoms with Crippen molar-refractivity contribution in [3.63, 3.8) is 0 Å². The normalized spacial score (nSPS) is 14.4. The molecule has 1 nitrogen and oxygen atoms in total. The molecule has 0 bridgehead atoms. The van der Waals surface area contributed by atoms with Gasteiger partial charge in [0, 0.05) is 21.4 Å². The number of aryl methyl sites for hydroxylation is 1. The third kappa shape index (κ3) is 3.02. The second-order valence-corrected chi connectivity index (χ2v) is 6.40. The molecule has 2 rings (SSSR count). The van der Waals surface area contributed by atoms with E-state index in [0.717, 1.165) is 0 Å². The van der Waals surface area contributed by atoms with E-state index in [2.05, 4.69) is 71.7 Å². The van der Waals surface area contributed by atoms with E-state index in [0.29, 0.717) is 12.1 Å². The Bertz CT molecular complexity index is 521. The highest BCUT2D eigenvalue weighted by atomic mass is 79.9. The quantitative estimate of drug-likeness (QED) is 0.812. The van der Waals surface area contributed by atoms with Crippen LogP contribution in [0.25, 0.3) is 0 Å². The molecule has 2 aromatic rings. The molecular weight excluding hydrogens is 306 g/mol. The van der Waals surface area contributed by atoms with Crippen LogP contribution < -0.4 is 5.32 Å². The van der Waals surface area contributed by atoms with Crippen molar-refractivity contribution < 1.29 is 0 Å². The van der Waals surface area contributed by atoms with Crippen LogP contribution in [-0.4, -0.2) is 0 Å². The maximum atomic E-state index is 3.66. The summed E-state index contributed by atoms with van der Waals surface area (Å²) in [5, 5.41) is 5.82. The Labute approximate surface area is 121 Å². The molecule has 0 radical (unpaired) electrons. The minimum atomic E-state index is 0.331. The van der Waals surface area contributed by atoms with Crippen molar-refractivity contribution in [2.45, 2.75) is 32.9 Å². The molecule has 0 spiro atoms. The molecule has 1 heterocycles. The number of hydrogen-bond acceptors (Lipinski definition) is 2. The van der Waals surface area contributed by atoms with Gasteiger partial charge in [-0.05, 0) is 49.4 Å².